The molecule has 2 N–H and O–H groups in total. The van der Waals surface area contributed by atoms with Gasteiger partial charge in [-0.1, -0.05) is 17.2 Å². The van der Waals surface area contributed by atoms with Crippen LogP contribution in [0.4, 0.5) is 4.79 Å². The minimum atomic E-state index is -0.521. The van der Waals surface area contributed by atoms with E-state index in [2.05, 4.69) is 10.6 Å². The predicted octanol–water partition coefficient (Wildman–Crippen LogP) is 2.56. The topological polar surface area (TPSA) is 67.4 Å². The molecule has 0 unspecified atom stereocenters. The van der Waals surface area contributed by atoms with Crippen LogP contribution in [-0.4, -0.2) is 30.7 Å². The lowest BCUT2D eigenvalue weighted by Crippen LogP contribution is -2.37. The second-order valence-electron chi connectivity index (χ2n) is 6.06. The highest BCUT2D eigenvalue weighted by Crippen LogP contribution is 2.08. The molecule has 0 bridgehead atoms. The highest BCUT2D eigenvalue weighted by atomic mass is 16.6. The fourth-order valence-electron chi connectivity index (χ4n) is 1.86. The van der Waals surface area contributed by atoms with Crippen LogP contribution in [0.5, 0.6) is 0 Å². The SMILES string of the molecule is Cc1cc(C)cc(C(=O)NCCNC(=O)OC(C)(C)C)c1. The van der Waals surface area contributed by atoms with Crippen molar-refractivity contribution in [3.8, 4) is 0 Å². The number of nitrogens with one attached hydrogen (secondary N) is 2. The van der Waals surface area contributed by atoms with E-state index in [1.54, 1.807) is 20.8 Å². The Bertz CT molecular complexity index is 498. The Morgan fingerprint density at radius 3 is 2.05 bits per heavy atom. The van der Waals surface area contributed by atoms with Gasteiger partial charge >= 0.3 is 6.09 Å². The maximum atomic E-state index is 12.0. The highest BCUT2D eigenvalue weighted by Gasteiger charge is 2.15. The molecule has 116 valence electrons. The monoisotopic (exact) mass is 292 g/mol. The van der Waals surface area contributed by atoms with Crippen LogP contribution in [0.2, 0.25) is 0 Å². The smallest absolute Gasteiger partial charge is 0.407 e. The molecule has 2 amide bonds. The third-order valence-corrected chi connectivity index (χ3v) is 2.56. The van der Waals surface area contributed by atoms with Crippen LogP contribution in [0, 0.1) is 13.8 Å². The van der Waals surface area contributed by atoms with Crippen LogP contribution in [0.25, 0.3) is 0 Å². The van der Waals surface area contributed by atoms with Gasteiger partial charge in [-0.25, -0.2) is 4.79 Å². The van der Waals surface area contributed by atoms with Gasteiger partial charge < -0.3 is 15.4 Å². The summed E-state index contributed by atoms with van der Waals surface area (Å²) in [6.07, 6.45) is -0.483. The van der Waals surface area contributed by atoms with E-state index in [1.165, 1.54) is 0 Å². The maximum absolute atomic E-state index is 12.0. The summed E-state index contributed by atoms with van der Waals surface area (Å²) in [7, 11) is 0. The second kappa shape index (κ2) is 7.11. The number of rotatable bonds is 4. The van der Waals surface area contributed by atoms with Crippen molar-refractivity contribution in [2.75, 3.05) is 13.1 Å². The molecule has 21 heavy (non-hydrogen) atoms. The van der Waals surface area contributed by atoms with E-state index in [0.29, 0.717) is 18.7 Å². The number of alkyl carbamates (subject to hydrolysis) is 1. The minimum absolute atomic E-state index is 0.146. The summed E-state index contributed by atoms with van der Waals surface area (Å²) in [5.74, 6) is -0.146. The van der Waals surface area contributed by atoms with Crippen molar-refractivity contribution >= 4 is 12.0 Å². The molecule has 0 heterocycles. The predicted molar refractivity (Wildman–Crippen MR) is 82.5 cm³/mol. The van der Waals surface area contributed by atoms with Gasteiger partial charge in [-0.05, 0) is 46.8 Å². The molecule has 0 saturated carbocycles. The molecule has 0 saturated heterocycles. The van der Waals surface area contributed by atoms with E-state index in [4.69, 9.17) is 4.74 Å². The lowest BCUT2D eigenvalue weighted by atomic mass is 10.1. The van der Waals surface area contributed by atoms with E-state index in [0.717, 1.165) is 11.1 Å². The number of carbonyl (C=O) groups excluding carboxylic acids is 2. The van der Waals surface area contributed by atoms with Crippen LogP contribution in [0.1, 0.15) is 42.3 Å². The van der Waals surface area contributed by atoms with Gasteiger partial charge in [-0.2, -0.15) is 0 Å². The molecular weight excluding hydrogens is 268 g/mol. The number of hydrogen-bond donors (Lipinski definition) is 2. The van der Waals surface area contributed by atoms with Gasteiger partial charge in [0.25, 0.3) is 5.91 Å². The lowest BCUT2D eigenvalue weighted by Gasteiger charge is -2.19. The number of benzene rings is 1. The number of amides is 2. The second-order valence-corrected chi connectivity index (χ2v) is 6.06. The molecule has 1 aromatic carbocycles. The van der Waals surface area contributed by atoms with Gasteiger partial charge in [0.05, 0.1) is 0 Å². The average molecular weight is 292 g/mol. The van der Waals surface area contributed by atoms with Crippen molar-refractivity contribution in [3.05, 3.63) is 34.9 Å². The normalized spacial score (nSPS) is 10.9. The highest BCUT2D eigenvalue weighted by molar-refractivity contribution is 5.94. The number of carbonyl (C=O) groups is 2. The summed E-state index contributed by atoms with van der Waals surface area (Å²) >= 11 is 0. The van der Waals surface area contributed by atoms with Crippen molar-refractivity contribution in [2.24, 2.45) is 0 Å². The molecule has 0 aliphatic carbocycles. The zero-order chi connectivity index (χ0) is 16.0. The van der Waals surface area contributed by atoms with E-state index < -0.39 is 11.7 Å². The first-order valence-corrected chi connectivity index (χ1v) is 7.01. The van der Waals surface area contributed by atoms with Crippen molar-refractivity contribution < 1.29 is 14.3 Å². The van der Waals surface area contributed by atoms with Gasteiger partial charge in [0.15, 0.2) is 0 Å². The summed E-state index contributed by atoms with van der Waals surface area (Å²) in [6.45, 7) is 9.98. The maximum Gasteiger partial charge on any atom is 0.407 e. The molecule has 0 spiro atoms. The zero-order valence-corrected chi connectivity index (χ0v) is 13.4. The van der Waals surface area contributed by atoms with Crippen molar-refractivity contribution in [3.63, 3.8) is 0 Å². The Balaban J connectivity index is 2.36. The summed E-state index contributed by atoms with van der Waals surface area (Å²) in [6, 6.07) is 5.69. The Kier molecular flexibility index (Phi) is 5.76. The Hall–Kier alpha value is -2.04. The van der Waals surface area contributed by atoms with E-state index in [-0.39, 0.29) is 5.91 Å². The first kappa shape index (κ1) is 17.0. The number of ether oxygens (including phenoxy) is 1. The van der Waals surface area contributed by atoms with Crippen LogP contribution < -0.4 is 10.6 Å². The third kappa shape index (κ3) is 6.79. The van der Waals surface area contributed by atoms with E-state index in [9.17, 15) is 9.59 Å². The summed E-state index contributed by atoms with van der Waals surface area (Å²) in [4.78, 5) is 23.4. The van der Waals surface area contributed by atoms with Gasteiger partial charge in [-0.3, -0.25) is 4.79 Å². The van der Waals surface area contributed by atoms with Crippen LogP contribution in [-0.2, 0) is 4.74 Å². The van der Waals surface area contributed by atoms with Crippen LogP contribution >= 0.6 is 0 Å². The van der Waals surface area contributed by atoms with Gasteiger partial charge in [0, 0.05) is 18.7 Å². The summed E-state index contributed by atoms with van der Waals surface area (Å²) in [5.41, 5.74) is 2.20. The van der Waals surface area contributed by atoms with Crippen molar-refractivity contribution in [2.45, 2.75) is 40.2 Å². The van der Waals surface area contributed by atoms with Gasteiger partial charge in [0.2, 0.25) is 0 Å². The molecule has 0 aliphatic heterocycles. The third-order valence-electron chi connectivity index (χ3n) is 2.56. The molecule has 0 aromatic heterocycles. The summed E-state index contributed by atoms with van der Waals surface area (Å²) in [5, 5.41) is 5.36. The van der Waals surface area contributed by atoms with E-state index in [1.807, 2.05) is 32.0 Å². The molecule has 0 aliphatic rings. The van der Waals surface area contributed by atoms with Crippen molar-refractivity contribution in [1.29, 1.82) is 0 Å². The molecular formula is C16H24N2O3. The first-order valence-electron chi connectivity index (χ1n) is 7.01. The molecule has 5 heteroatoms. The minimum Gasteiger partial charge on any atom is -0.444 e. The molecule has 5 nitrogen and oxygen atoms in total. The standard InChI is InChI=1S/C16H24N2O3/c1-11-8-12(2)10-13(9-11)14(19)17-6-7-18-15(20)21-16(3,4)5/h8-10H,6-7H2,1-5H3,(H,17,19)(H,18,20). The average Bonchev–Trinajstić information content (AvgIpc) is 2.31. The molecule has 0 fully saturated rings. The lowest BCUT2D eigenvalue weighted by molar-refractivity contribution is 0.0526. The quantitative estimate of drug-likeness (QED) is 0.838. The molecule has 1 aromatic rings. The number of aryl methyl sites for hydroxylation is 2. The van der Waals surface area contributed by atoms with Gasteiger partial charge in [0.1, 0.15) is 5.60 Å². The van der Waals surface area contributed by atoms with Gasteiger partial charge in [-0.15, -0.1) is 0 Å². The summed E-state index contributed by atoms with van der Waals surface area (Å²) < 4.78 is 5.10. The Morgan fingerprint density at radius 1 is 1.00 bits per heavy atom. The van der Waals surface area contributed by atoms with Crippen molar-refractivity contribution in [1.82, 2.24) is 10.6 Å². The first-order chi connectivity index (χ1) is 9.67. The fourth-order valence-corrected chi connectivity index (χ4v) is 1.86. The molecule has 0 atom stereocenters. The molecule has 1 rings (SSSR count). The largest absolute Gasteiger partial charge is 0.444 e. The van der Waals surface area contributed by atoms with Crippen LogP contribution in [0.3, 0.4) is 0 Å². The van der Waals surface area contributed by atoms with E-state index >= 15 is 0 Å². The Labute approximate surface area is 126 Å². The number of hydrogen-bond acceptors (Lipinski definition) is 3. The fraction of sp³-hybridized carbons (Fsp3) is 0.500. The molecule has 0 radical (unpaired) electrons. The van der Waals surface area contributed by atoms with Crippen LogP contribution in [0.15, 0.2) is 18.2 Å². The zero-order valence-electron chi connectivity index (χ0n) is 13.4. The Morgan fingerprint density at radius 2 is 1.52 bits per heavy atom.